The Hall–Kier alpha value is -2.10. The molecule has 4 rings (SSSR count). The number of aryl methyl sites for hydroxylation is 3. The largest absolute Gasteiger partial charge is 0.337 e. The zero-order chi connectivity index (χ0) is 14.4. The summed E-state index contributed by atoms with van der Waals surface area (Å²) in [4.78, 5) is 8.20. The van der Waals surface area contributed by atoms with Crippen molar-refractivity contribution in [2.45, 2.75) is 46.0 Å². The van der Waals surface area contributed by atoms with Crippen LogP contribution in [0.1, 0.15) is 41.6 Å². The molecule has 0 saturated heterocycles. The Bertz CT molecular complexity index is 771. The molecule has 4 nitrogen and oxygen atoms in total. The van der Waals surface area contributed by atoms with Crippen molar-refractivity contribution in [3.8, 4) is 11.5 Å². The molecule has 2 N–H and O–H groups in total. The number of hydrogen-bond acceptors (Lipinski definition) is 2. The van der Waals surface area contributed by atoms with Crippen LogP contribution >= 0.6 is 0 Å². The van der Waals surface area contributed by atoms with Crippen LogP contribution in [0.25, 0.3) is 22.6 Å². The molecule has 1 aliphatic rings. The lowest BCUT2D eigenvalue weighted by atomic mass is 10.1. The number of fused-ring (bicyclic) bond motifs is 2. The Labute approximate surface area is 124 Å². The number of imidazole rings is 1. The minimum atomic E-state index is 0.898. The summed E-state index contributed by atoms with van der Waals surface area (Å²) in [6.45, 7) is 4.26. The van der Waals surface area contributed by atoms with Gasteiger partial charge in [-0.05, 0) is 62.8 Å². The maximum absolute atomic E-state index is 4.76. The molecular weight excluding hydrogens is 260 g/mol. The highest BCUT2D eigenvalue weighted by Crippen LogP contribution is 2.29. The molecule has 2 aromatic heterocycles. The molecule has 108 valence electrons. The summed E-state index contributed by atoms with van der Waals surface area (Å²) in [5.41, 5.74) is 8.37. The van der Waals surface area contributed by atoms with E-state index < -0.39 is 0 Å². The molecule has 0 radical (unpaired) electrons. The van der Waals surface area contributed by atoms with Gasteiger partial charge in [-0.2, -0.15) is 5.10 Å². The van der Waals surface area contributed by atoms with Crippen molar-refractivity contribution in [3.05, 3.63) is 34.5 Å². The normalized spacial score (nSPS) is 15.1. The van der Waals surface area contributed by atoms with Crippen molar-refractivity contribution in [1.82, 2.24) is 20.2 Å². The lowest BCUT2D eigenvalue weighted by Crippen LogP contribution is -1.90. The third-order valence-electron chi connectivity index (χ3n) is 4.63. The van der Waals surface area contributed by atoms with E-state index in [4.69, 9.17) is 4.98 Å². The van der Waals surface area contributed by atoms with Crippen molar-refractivity contribution in [2.75, 3.05) is 0 Å². The first-order valence-corrected chi connectivity index (χ1v) is 7.76. The quantitative estimate of drug-likeness (QED) is 0.665. The van der Waals surface area contributed by atoms with Gasteiger partial charge in [-0.3, -0.25) is 5.10 Å². The van der Waals surface area contributed by atoms with Gasteiger partial charge in [-0.25, -0.2) is 4.98 Å². The van der Waals surface area contributed by atoms with Crippen LogP contribution in [0.15, 0.2) is 12.1 Å². The summed E-state index contributed by atoms with van der Waals surface area (Å²) in [6, 6.07) is 4.32. The molecule has 1 aromatic carbocycles. The highest BCUT2D eigenvalue weighted by Gasteiger charge is 2.19. The van der Waals surface area contributed by atoms with Gasteiger partial charge in [0.25, 0.3) is 0 Å². The average molecular weight is 280 g/mol. The summed E-state index contributed by atoms with van der Waals surface area (Å²) in [6.07, 6.45) is 6.03. The van der Waals surface area contributed by atoms with Gasteiger partial charge < -0.3 is 4.98 Å². The summed E-state index contributed by atoms with van der Waals surface area (Å²) >= 11 is 0. The number of aromatic amines is 2. The Morgan fingerprint density at radius 1 is 1.00 bits per heavy atom. The summed E-state index contributed by atoms with van der Waals surface area (Å²) in [7, 11) is 0. The van der Waals surface area contributed by atoms with E-state index in [0.717, 1.165) is 35.4 Å². The number of hydrogen-bond donors (Lipinski definition) is 2. The van der Waals surface area contributed by atoms with Crippen molar-refractivity contribution < 1.29 is 0 Å². The smallest absolute Gasteiger partial charge is 0.159 e. The second-order valence-electron chi connectivity index (χ2n) is 6.13. The molecule has 0 saturated carbocycles. The Morgan fingerprint density at radius 2 is 1.81 bits per heavy atom. The van der Waals surface area contributed by atoms with Gasteiger partial charge in [0.15, 0.2) is 5.82 Å². The van der Waals surface area contributed by atoms with Crippen LogP contribution in [0.3, 0.4) is 0 Å². The topological polar surface area (TPSA) is 57.4 Å². The number of H-pyrrole nitrogens is 2. The monoisotopic (exact) mass is 280 g/mol. The van der Waals surface area contributed by atoms with E-state index >= 15 is 0 Å². The van der Waals surface area contributed by atoms with Gasteiger partial charge >= 0.3 is 0 Å². The highest BCUT2D eigenvalue weighted by atomic mass is 15.1. The van der Waals surface area contributed by atoms with Gasteiger partial charge in [0.1, 0.15) is 5.69 Å². The second-order valence-corrected chi connectivity index (χ2v) is 6.13. The SMILES string of the molecule is Cc1cc2nc(-c3n[nH]c4c3CCCCC4)[nH]c2cc1C. The third-order valence-corrected chi connectivity index (χ3v) is 4.63. The Kier molecular flexibility index (Phi) is 2.84. The van der Waals surface area contributed by atoms with Crippen molar-refractivity contribution >= 4 is 11.0 Å². The van der Waals surface area contributed by atoms with E-state index in [9.17, 15) is 0 Å². The fraction of sp³-hybridized carbons (Fsp3) is 0.412. The Balaban J connectivity index is 1.85. The molecule has 0 aliphatic heterocycles. The summed E-state index contributed by atoms with van der Waals surface area (Å²) < 4.78 is 0. The average Bonchev–Trinajstić information content (AvgIpc) is 2.96. The zero-order valence-electron chi connectivity index (χ0n) is 12.6. The predicted molar refractivity (Wildman–Crippen MR) is 84.4 cm³/mol. The maximum atomic E-state index is 4.76. The van der Waals surface area contributed by atoms with E-state index in [2.05, 4.69) is 41.2 Å². The molecule has 21 heavy (non-hydrogen) atoms. The maximum Gasteiger partial charge on any atom is 0.159 e. The van der Waals surface area contributed by atoms with Crippen LogP contribution in [-0.4, -0.2) is 20.2 Å². The number of rotatable bonds is 1. The van der Waals surface area contributed by atoms with Crippen LogP contribution in [0.4, 0.5) is 0 Å². The molecule has 0 spiro atoms. The molecular formula is C17H20N4. The molecule has 0 atom stereocenters. The molecule has 1 aliphatic carbocycles. The molecule has 4 heteroatoms. The van der Waals surface area contributed by atoms with Gasteiger partial charge in [-0.1, -0.05) is 6.42 Å². The van der Waals surface area contributed by atoms with Crippen molar-refractivity contribution in [3.63, 3.8) is 0 Å². The van der Waals surface area contributed by atoms with Crippen molar-refractivity contribution in [2.24, 2.45) is 0 Å². The lowest BCUT2D eigenvalue weighted by Gasteiger charge is -1.98. The molecule has 3 aromatic rings. The molecule has 0 unspecified atom stereocenters. The van der Waals surface area contributed by atoms with Gasteiger partial charge in [-0.15, -0.1) is 0 Å². The molecule has 0 fully saturated rings. The van der Waals surface area contributed by atoms with E-state index in [1.54, 1.807) is 0 Å². The minimum absolute atomic E-state index is 0.898. The highest BCUT2D eigenvalue weighted by molar-refractivity contribution is 5.81. The van der Waals surface area contributed by atoms with Gasteiger partial charge in [0.2, 0.25) is 0 Å². The van der Waals surface area contributed by atoms with Gasteiger partial charge in [0, 0.05) is 11.3 Å². The van der Waals surface area contributed by atoms with E-state index in [0.29, 0.717) is 0 Å². The number of nitrogens with one attached hydrogen (secondary N) is 2. The van der Waals surface area contributed by atoms with Crippen LogP contribution in [-0.2, 0) is 12.8 Å². The number of benzene rings is 1. The number of nitrogens with zero attached hydrogens (tertiary/aromatic N) is 2. The van der Waals surface area contributed by atoms with Crippen LogP contribution in [0, 0.1) is 13.8 Å². The first-order valence-electron chi connectivity index (χ1n) is 7.76. The third kappa shape index (κ3) is 2.06. The minimum Gasteiger partial charge on any atom is -0.337 e. The second kappa shape index (κ2) is 4.72. The van der Waals surface area contributed by atoms with E-state index in [-0.39, 0.29) is 0 Å². The van der Waals surface area contributed by atoms with Crippen LogP contribution < -0.4 is 0 Å². The first-order chi connectivity index (χ1) is 10.2. The van der Waals surface area contributed by atoms with Crippen molar-refractivity contribution in [1.29, 1.82) is 0 Å². The molecule has 2 heterocycles. The standard InChI is InChI=1S/C17H20N4/c1-10-8-14-15(9-11(10)2)19-17(18-14)16-12-6-4-3-5-7-13(12)20-21-16/h8-9H,3-7H2,1-2H3,(H,18,19)(H,20,21). The van der Waals surface area contributed by atoms with E-state index in [1.165, 1.54) is 41.6 Å². The van der Waals surface area contributed by atoms with E-state index in [1.807, 2.05) is 0 Å². The summed E-state index contributed by atoms with van der Waals surface area (Å²) in [5, 5.41) is 7.75. The molecule has 0 amide bonds. The Morgan fingerprint density at radius 3 is 2.71 bits per heavy atom. The first kappa shape index (κ1) is 12.6. The number of aromatic nitrogens is 4. The molecule has 0 bridgehead atoms. The predicted octanol–water partition coefficient (Wildman–Crippen LogP) is 3.84. The fourth-order valence-electron chi connectivity index (χ4n) is 3.24. The summed E-state index contributed by atoms with van der Waals surface area (Å²) in [5.74, 6) is 0.898. The fourth-order valence-corrected chi connectivity index (χ4v) is 3.24. The van der Waals surface area contributed by atoms with Crippen LogP contribution in [0.5, 0.6) is 0 Å². The zero-order valence-corrected chi connectivity index (χ0v) is 12.6. The van der Waals surface area contributed by atoms with Crippen LogP contribution in [0.2, 0.25) is 0 Å². The lowest BCUT2D eigenvalue weighted by molar-refractivity contribution is 0.703. The van der Waals surface area contributed by atoms with Gasteiger partial charge in [0.05, 0.1) is 11.0 Å².